The molecule has 2 aliphatic rings. The zero-order valence-corrected chi connectivity index (χ0v) is 15.6. The van der Waals surface area contributed by atoms with E-state index in [4.69, 9.17) is 11.6 Å². The number of para-hydroxylation sites is 1. The lowest BCUT2D eigenvalue weighted by molar-refractivity contribution is -0.139. The van der Waals surface area contributed by atoms with Crippen LogP contribution in [0.5, 0.6) is 0 Å². The Balaban J connectivity index is 1.54. The topological polar surface area (TPSA) is 65.5 Å². The average Bonchev–Trinajstić information content (AvgIpc) is 3.10. The number of carbonyl (C=O) groups excluding carboxylic acids is 2. The van der Waals surface area contributed by atoms with E-state index >= 15 is 0 Å². The van der Waals surface area contributed by atoms with Gasteiger partial charge in [-0.3, -0.25) is 14.6 Å². The van der Waals surface area contributed by atoms with Crippen molar-refractivity contribution in [3.63, 3.8) is 0 Å². The molecule has 3 heterocycles. The number of halogens is 1. The summed E-state index contributed by atoms with van der Waals surface area (Å²) in [4.78, 5) is 33.5. The molecule has 1 aromatic heterocycles. The average molecular weight is 385 g/mol. The van der Waals surface area contributed by atoms with Crippen LogP contribution in [0.1, 0.15) is 18.0 Å². The monoisotopic (exact) mass is 384 g/mol. The Labute approximate surface area is 163 Å². The van der Waals surface area contributed by atoms with Gasteiger partial charge in [-0.05, 0) is 23.8 Å². The highest BCUT2D eigenvalue weighted by Crippen LogP contribution is 2.33. The van der Waals surface area contributed by atoms with Gasteiger partial charge in [-0.15, -0.1) is 0 Å². The lowest BCUT2D eigenvalue weighted by Gasteiger charge is -2.37. The van der Waals surface area contributed by atoms with Gasteiger partial charge < -0.3 is 15.1 Å². The molecule has 0 spiro atoms. The van der Waals surface area contributed by atoms with E-state index in [0.717, 1.165) is 12.1 Å². The van der Waals surface area contributed by atoms with E-state index in [2.05, 4.69) is 10.3 Å². The maximum absolute atomic E-state index is 13.3. The molecular weight excluding hydrogens is 364 g/mol. The number of hydrogen-bond donors (Lipinski definition) is 1. The molecule has 4 rings (SSSR count). The molecule has 140 valence electrons. The lowest BCUT2D eigenvalue weighted by Crippen LogP contribution is -2.50. The molecule has 2 unspecified atom stereocenters. The fraction of sp³-hybridized carbons (Fsp3) is 0.350. The molecule has 2 amide bonds. The van der Waals surface area contributed by atoms with Gasteiger partial charge in [0.25, 0.3) is 0 Å². The summed E-state index contributed by atoms with van der Waals surface area (Å²) in [6, 6.07) is 11.0. The first-order chi connectivity index (χ1) is 13.1. The van der Waals surface area contributed by atoms with Crippen molar-refractivity contribution < 1.29 is 9.59 Å². The summed E-state index contributed by atoms with van der Waals surface area (Å²) in [7, 11) is 0. The fourth-order valence-electron chi connectivity index (χ4n) is 3.85. The third-order valence-electron chi connectivity index (χ3n) is 5.21. The van der Waals surface area contributed by atoms with Crippen LogP contribution in [0, 0.1) is 5.92 Å². The summed E-state index contributed by atoms with van der Waals surface area (Å²) in [5.41, 5.74) is 1.67. The van der Waals surface area contributed by atoms with E-state index in [0.29, 0.717) is 30.3 Å². The molecule has 0 saturated carbocycles. The van der Waals surface area contributed by atoms with Gasteiger partial charge in [-0.1, -0.05) is 29.8 Å². The number of rotatable bonds is 3. The zero-order valence-electron chi connectivity index (χ0n) is 14.8. The summed E-state index contributed by atoms with van der Waals surface area (Å²) >= 11 is 6.24. The SMILES string of the molecule is O=C1CC(C(=O)N2CCNCC2c2cccnc2)CN1c1ccccc1Cl. The first-order valence-electron chi connectivity index (χ1n) is 9.11. The van der Waals surface area contributed by atoms with Crippen LogP contribution in [0.15, 0.2) is 48.8 Å². The van der Waals surface area contributed by atoms with E-state index in [1.54, 1.807) is 23.4 Å². The molecule has 0 radical (unpaired) electrons. The number of piperazine rings is 1. The van der Waals surface area contributed by atoms with Crippen molar-refractivity contribution >= 4 is 29.1 Å². The molecule has 27 heavy (non-hydrogen) atoms. The molecule has 1 aromatic carbocycles. The Kier molecular flexibility index (Phi) is 5.09. The molecular formula is C20H21ClN4O2. The predicted octanol–water partition coefficient (Wildman–Crippen LogP) is 2.26. The van der Waals surface area contributed by atoms with E-state index < -0.39 is 0 Å². The van der Waals surface area contributed by atoms with Crippen molar-refractivity contribution in [1.29, 1.82) is 0 Å². The van der Waals surface area contributed by atoms with Crippen LogP contribution in [0.4, 0.5) is 5.69 Å². The Bertz CT molecular complexity index is 845. The van der Waals surface area contributed by atoms with Crippen LogP contribution in [0.25, 0.3) is 0 Å². The number of anilines is 1. The van der Waals surface area contributed by atoms with Crippen LogP contribution >= 0.6 is 11.6 Å². The summed E-state index contributed by atoms with van der Waals surface area (Å²) in [5, 5.41) is 3.87. The van der Waals surface area contributed by atoms with Gasteiger partial charge in [0.15, 0.2) is 0 Å². The highest BCUT2D eigenvalue weighted by atomic mass is 35.5. The number of nitrogens with zero attached hydrogens (tertiary/aromatic N) is 3. The van der Waals surface area contributed by atoms with E-state index in [-0.39, 0.29) is 30.2 Å². The second-order valence-corrected chi connectivity index (χ2v) is 7.30. The number of carbonyl (C=O) groups is 2. The Morgan fingerprint density at radius 3 is 2.85 bits per heavy atom. The van der Waals surface area contributed by atoms with Gasteiger partial charge in [0.05, 0.1) is 22.7 Å². The molecule has 6 nitrogen and oxygen atoms in total. The van der Waals surface area contributed by atoms with Crippen molar-refractivity contribution in [2.45, 2.75) is 12.5 Å². The van der Waals surface area contributed by atoms with Crippen LogP contribution in [0.3, 0.4) is 0 Å². The number of amides is 2. The normalized spacial score (nSPS) is 22.9. The van der Waals surface area contributed by atoms with E-state index in [1.165, 1.54) is 0 Å². The van der Waals surface area contributed by atoms with Gasteiger partial charge in [0.2, 0.25) is 11.8 Å². The quantitative estimate of drug-likeness (QED) is 0.881. The van der Waals surface area contributed by atoms with Gasteiger partial charge in [-0.2, -0.15) is 0 Å². The van der Waals surface area contributed by atoms with Crippen molar-refractivity contribution in [1.82, 2.24) is 15.2 Å². The van der Waals surface area contributed by atoms with Crippen LogP contribution in [-0.2, 0) is 9.59 Å². The van der Waals surface area contributed by atoms with Crippen molar-refractivity contribution in [3.8, 4) is 0 Å². The van der Waals surface area contributed by atoms with Crippen molar-refractivity contribution in [2.75, 3.05) is 31.1 Å². The van der Waals surface area contributed by atoms with E-state index in [1.807, 2.05) is 35.2 Å². The fourth-order valence-corrected chi connectivity index (χ4v) is 4.09. The molecule has 7 heteroatoms. The Morgan fingerprint density at radius 1 is 1.22 bits per heavy atom. The summed E-state index contributed by atoms with van der Waals surface area (Å²) in [6.45, 7) is 2.42. The second kappa shape index (κ2) is 7.66. The number of nitrogens with one attached hydrogen (secondary N) is 1. The molecule has 2 fully saturated rings. The first kappa shape index (κ1) is 17.9. The molecule has 2 saturated heterocycles. The largest absolute Gasteiger partial charge is 0.333 e. The summed E-state index contributed by atoms with van der Waals surface area (Å²) in [5.74, 6) is -0.395. The van der Waals surface area contributed by atoms with Crippen molar-refractivity contribution in [2.24, 2.45) is 5.92 Å². The molecule has 0 aliphatic carbocycles. The number of hydrogen-bond acceptors (Lipinski definition) is 4. The second-order valence-electron chi connectivity index (χ2n) is 6.89. The minimum atomic E-state index is -0.356. The number of pyridine rings is 1. The Hall–Kier alpha value is -2.44. The molecule has 0 bridgehead atoms. The smallest absolute Gasteiger partial charge is 0.228 e. The van der Waals surface area contributed by atoms with Crippen LogP contribution < -0.4 is 10.2 Å². The number of aromatic nitrogens is 1. The minimum Gasteiger partial charge on any atom is -0.333 e. The minimum absolute atomic E-state index is 0.0215. The van der Waals surface area contributed by atoms with Gasteiger partial charge in [0.1, 0.15) is 0 Å². The van der Waals surface area contributed by atoms with Gasteiger partial charge in [-0.25, -0.2) is 0 Å². The van der Waals surface area contributed by atoms with Crippen molar-refractivity contribution in [3.05, 3.63) is 59.4 Å². The maximum Gasteiger partial charge on any atom is 0.228 e. The third kappa shape index (κ3) is 3.55. The summed E-state index contributed by atoms with van der Waals surface area (Å²) < 4.78 is 0. The molecule has 2 aliphatic heterocycles. The van der Waals surface area contributed by atoms with Gasteiger partial charge in [0, 0.05) is 45.0 Å². The highest BCUT2D eigenvalue weighted by molar-refractivity contribution is 6.33. The van der Waals surface area contributed by atoms with Gasteiger partial charge >= 0.3 is 0 Å². The maximum atomic E-state index is 13.3. The van der Waals surface area contributed by atoms with Crippen LogP contribution in [-0.4, -0.2) is 47.9 Å². The van der Waals surface area contributed by atoms with E-state index in [9.17, 15) is 9.59 Å². The standard InChI is InChI=1S/C20H21ClN4O2/c21-16-5-1-2-6-17(16)25-13-15(10-19(25)26)20(27)24-9-8-23-12-18(24)14-4-3-7-22-11-14/h1-7,11,15,18,23H,8-10,12-13H2. The Morgan fingerprint density at radius 2 is 2.07 bits per heavy atom. The predicted molar refractivity (Wildman–Crippen MR) is 103 cm³/mol. The molecule has 2 atom stereocenters. The lowest BCUT2D eigenvalue weighted by atomic mass is 10.0. The molecule has 2 aromatic rings. The zero-order chi connectivity index (χ0) is 18.8. The first-order valence-corrected chi connectivity index (χ1v) is 9.49. The third-order valence-corrected chi connectivity index (χ3v) is 5.53. The highest BCUT2D eigenvalue weighted by Gasteiger charge is 2.40. The van der Waals surface area contributed by atoms with Crippen LogP contribution in [0.2, 0.25) is 5.02 Å². The summed E-state index contributed by atoms with van der Waals surface area (Å²) in [6.07, 6.45) is 3.74. The molecule has 1 N–H and O–H groups in total. The number of benzene rings is 1.